The lowest BCUT2D eigenvalue weighted by Gasteiger charge is -2.04. The lowest BCUT2D eigenvalue weighted by molar-refractivity contribution is 0.0514. The van der Waals surface area contributed by atoms with Crippen LogP contribution in [0.1, 0.15) is 29.5 Å². The lowest BCUT2D eigenvalue weighted by atomic mass is 10.3. The van der Waals surface area contributed by atoms with Gasteiger partial charge in [-0.25, -0.2) is 22.0 Å². The van der Waals surface area contributed by atoms with Crippen LogP contribution in [-0.4, -0.2) is 37.0 Å². The minimum absolute atomic E-state index is 0.0113. The maximum Gasteiger partial charge on any atom is 0.360 e. The van der Waals surface area contributed by atoms with Gasteiger partial charge in [0.25, 0.3) is 6.43 Å². The predicted molar refractivity (Wildman–Crippen MR) is 57.2 cm³/mol. The molecule has 0 spiro atoms. The van der Waals surface area contributed by atoms with Crippen molar-refractivity contribution in [1.29, 1.82) is 0 Å². The van der Waals surface area contributed by atoms with Gasteiger partial charge in [-0.15, -0.1) is 0 Å². The number of aryl methyl sites for hydroxylation is 1. The molecule has 0 bridgehead atoms. The van der Waals surface area contributed by atoms with E-state index in [4.69, 9.17) is 0 Å². The number of carbonyl (C=O) groups excluding carboxylic acids is 1. The molecule has 1 rings (SSSR count). The summed E-state index contributed by atoms with van der Waals surface area (Å²) in [6.45, 7) is 1.50. The van der Waals surface area contributed by atoms with E-state index in [0.29, 0.717) is 4.68 Å². The molecule has 0 unspecified atom stereocenters. The van der Waals surface area contributed by atoms with Crippen LogP contribution in [0.5, 0.6) is 0 Å². The number of esters is 1. The Kier molecular flexibility index (Phi) is 4.05. The Morgan fingerprint density at radius 2 is 2.06 bits per heavy atom. The highest BCUT2D eigenvalue weighted by molar-refractivity contribution is 7.90. The third kappa shape index (κ3) is 2.66. The molecule has 18 heavy (non-hydrogen) atoms. The summed E-state index contributed by atoms with van der Waals surface area (Å²) >= 11 is 0. The number of ether oxygens (including phenoxy) is 1. The first-order chi connectivity index (χ1) is 8.20. The zero-order chi connectivity index (χ0) is 14.1. The van der Waals surface area contributed by atoms with Gasteiger partial charge in [-0.1, -0.05) is 0 Å². The zero-order valence-corrected chi connectivity index (χ0v) is 10.8. The van der Waals surface area contributed by atoms with Crippen molar-refractivity contribution in [3.05, 3.63) is 11.4 Å². The quantitative estimate of drug-likeness (QED) is 0.768. The summed E-state index contributed by atoms with van der Waals surface area (Å²) in [6, 6.07) is 0. The summed E-state index contributed by atoms with van der Waals surface area (Å²) < 4.78 is 53.9. The number of hydrogen-bond acceptors (Lipinski definition) is 5. The van der Waals surface area contributed by atoms with Crippen molar-refractivity contribution in [3.63, 3.8) is 0 Å². The maximum atomic E-state index is 12.8. The van der Waals surface area contributed by atoms with Gasteiger partial charge in [0, 0.05) is 13.3 Å². The van der Waals surface area contributed by atoms with Gasteiger partial charge in [-0.3, -0.25) is 4.68 Å². The maximum absolute atomic E-state index is 12.8. The van der Waals surface area contributed by atoms with E-state index in [-0.39, 0.29) is 6.61 Å². The number of sulfone groups is 1. The lowest BCUT2D eigenvalue weighted by Crippen LogP contribution is -2.11. The molecular formula is C9H12F2N2O4S. The molecule has 0 aliphatic rings. The van der Waals surface area contributed by atoms with Crippen LogP contribution < -0.4 is 0 Å². The molecule has 0 aromatic carbocycles. The molecule has 0 saturated carbocycles. The molecule has 6 nitrogen and oxygen atoms in total. The van der Waals surface area contributed by atoms with Crippen molar-refractivity contribution in [3.8, 4) is 0 Å². The van der Waals surface area contributed by atoms with Gasteiger partial charge in [0.2, 0.25) is 0 Å². The van der Waals surface area contributed by atoms with Gasteiger partial charge in [0.05, 0.1) is 6.61 Å². The van der Waals surface area contributed by atoms with Crippen molar-refractivity contribution in [1.82, 2.24) is 9.78 Å². The minimum Gasteiger partial charge on any atom is -0.461 e. The van der Waals surface area contributed by atoms with Gasteiger partial charge in [0.15, 0.2) is 15.5 Å². The van der Waals surface area contributed by atoms with Crippen LogP contribution in [0.25, 0.3) is 0 Å². The molecule has 1 aromatic rings. The highest BCUT2D eigenvalue weighted by Crippen LogP contribution is 2.29. The average molecular weight is 282 g/mol. The summed E-state index contributed by atoms with van der Waals surface area (Å²) in [5.41, 5.74) is -1.43. The smallest absolute Gasteiger partial charge is 0.360 e. The fourth-order valence-corrected chi connectivity index (χ4v) is 2.53. The predicted octanol–water partition coefficient (Wildman–Crippen LogP) is 0.938. The summed E-state index contributed by atoms with van der Waals surface area (Å²) in [5, 5.41) is 3.50. The number of hydrogen-bond donors (Lipinski definition) is 0. The van der Waals surface area contributed by atoms with Gasteiger partial charge in [-0.2, -0.15) is 5.10 Å². The second-order valence-electron chi connectivity index (χ2n) is 3.48. The summed E-state index contributed by atoms with van der Waals surface area (Å²) in [5.74, 6) is -1.04. The molecule has 1 heterocycles. The SMILES string of the molecule is CCOC(=O)c1nn(C)c(C(F)F)c1S(C)(=O)=O. The Bertz CT molecular complexity index is 565. The van der Waals surface area contributed by atoms with Crippen molar-refractivity contribution < 1.29 is 26.7 Å². The van der Waals surface area contributed by atoms with E-state index in [2.05, 4.69) is 9.84 Å². The third-order valence-electron chi connectivity index (χ3n) is 2.09. The second kappa shape index (κ2) is 5.01. The summed E-state index contributed by atoms with van der Waals surface area (Å²) in [4.78, 5) is 10.7. The molecule has 9 heteroatoms. The molecule has 0 atom stereocenters. The highest BCUT2D eigenvalue weighted by Gasteiger charge is 2.33. The van der Waals surface area contributed by atoms with E-state index in [1.807, 2.05) is 0 Å². The molecule has 102 valence electrons. The van der Waals surface area contributed by atoms with Crippen LogP contribution in [0, 0.1) is 0 Å². The van der Waals surface area contributed by atoms with Crippen LogP contribution in [0.3, 0.4) is 0 Å². The van der Waals surface area contributed by atoms with E-state index in [0.717, 1.165) is 13.3 Å². The number of alkyl halides is 2. The van der Waals surface area contributed by atoms with E-state index < -0.39 is 38.5 Å². The monoisotopic (exact) mass is 282 g/mol. The number of aromatic nitrogens is 2. The molecule has 0 radical (unpaired) electrons. The van der Waals surface area contributed by atoms with Crippen LogP contribution in [-0.2, 0) is 21.6 Å². The molecule has 1 aromatic heterocycles. The Hall–Kier alpha value is -1.51. The van der Waals surface area contributed by atoms with Gasteiger partial charge in [-0.05, 0) is 6.92 Å². The third-order valence-corrected chi connectivity index (χ3v) is 3.24. The number of halogens is 2. The molecule has 0 aliphatic carbocycles. The normalized spacial score (nSPS) is 11.9. The molecular weight excluding hydrogens is 270 g/mol. The Morgan fingerprint density at radius 3 is 2.44 bits per heavy atom. The molecule has 0 amide bonds. The van der Waals surface area contributed by atoms with E-state index in [9.17, 15) is 22.0 Å². The number of rotatable bonds is 4. The van der Waals surface area contributed by atoms with Gasteiger partial charge in [0.1, 0.15) is 10.6 Å². The zero-order valence-electron chi connectivity index (χ0n) is 9.98. The topological polar surface area (TPSA) is 78.3 Å². The summed E-state index contributed by atoms with van der Waals surface area (Å²) in [7, 11) is -2.88. The molecule has 0 aliphatic heterocycles. The Balaban J connectivity index is 3.55. The van der Waals surface area contributed by atoms with Gasteiger partial charge >= 0.3 is 5.97 Å². The fraction of sp³-hybridized carbons (Fsp3) is 0.556. The molecule has 0 fully saturated rings. The van der Waals surface area contributed by atoms with Crippen molar-refractivity contribution >= 4 is 15.8 Å². The van der Waals surface area contributed by atoms with Crippen molar-refractivity contribution in [2.75, 3.05) is 12.9 Å². The van der Waals surface area contributed by atoms with Crippen LogP contribution in [0.15, 0.2) is 4.90 Å². The fourth-order valence-electron chi connectivity index (χ4n) is 1.46. The van der Waals surface area contributed by atoms with Crippen molar-refractivity contribution in [2.24, 2.45) is 7.05 Å². The van der Waals surface area contributed by atoms with Gasteiger partial charge < -0.3 is 4.74 Å². The first kappa shape index (κ1) is 14.6. The average Bonchev–Trinajstić information content (AvgIpc) is 2.55. The molecule has 0 saturated heterocycles. The Morgan fingerprint density at radius 1 is 1.50 bits per heavy atom. The van der Waals surface area contributed by atoms with E-state index in [1.165, 1.54) is 6.92 Å². The van der Waals surface area contributed by atoms with E-state index >= 15 is 0 Å². The second-order valence-corrected chi connectivity index (χ2v) is 5.43. The first-order valence-corrected chi connectivity index (χ1v) is 6.81. The van der Waals surface area contributed by atoms with Crippen LogP contribution >= 0.6 is 0 Å². The first-order valence-electron chi connectivity index (χ1n) is 4.92. The largest absolute Gasteiger partial charge is 0.461 e. The highest BCUT2D eigenvalue weighted by atomic mass is 32.2. The number of carbonyl (C=O) groups is 1. The summed E-state index contributed by atoms with van der Waals surface area (Å²) in [6.07, 6.45) is -2.33. The van der Waals surface area contributed by atoms with Crippen molar-refractivity contribution in [2.45, 2.75) is 18.2 Å². The standard InChI is InChI=1S/C9H12F2N2O4S/c1-4-17-9(14)5-7(18(3,15)16)6(8(10)11)13(2)12-5/h8H,4H2,1-3H3. The van der Waals surface area contributed by atoms with E-state index in [1.54, 1.807) is 0 Å². The van der Waals surface area contributed by atoms with Crippen LogP contribution in [0.4, 0.5) is 8.78 Å². The Labute approximate surface area is 102 Å². The number of nitrogens with zero attached hydrogens (tertiary/aromatic N) is 2. The molecule has 0 N–H and O–H groups in total. The van der Waals surface area contributed by atoms with Crippen LogP contribution in [0.2, 0.25) is 0 Å². The minimum atomic E-state index is -4.02.